The van der Waals surface area contributed by atoms with Gasteiger partial charge in [0.2, 0.25) is 0 Å². The lowest BCUT2D eigenvalue weighted by molar-refractivity contribution is 0.438. The van der Waals surface area contributed by atoms with E-state index in [2.05, 4.69) is 4.98 Å². The van der Waals surface area contributed by atoms with E-state index in [0.29, 0.717) is 17.0 Å². The summed E-state index contributed by atoms with van der Waals surface area (Å²) in [6, 6.07) is 8.24. The van der Waals surface area contributed by atoms with Crippen molar-refractivity contribution in [2.75, 3.05) is 0 Å². The van der Waals surface area contributed by atoms with Gasteiger partial charge in [0.25, 0.3) is 0 Å². The summed E-state index contributed by atoms with van der Waals surface area (Å²) in [4.78, 5) is 4.22. The first kappa shape index (κ1) is 12.4. The van der Waals surface area contributed by atoms with Gasteiger partial charge in [-0.25, -0.2) is 9.37 Å². The van der Waals surface area contributed by atoms with Crippen LogP contribution < -0.4 is 10.5 Å². The second-order valence-corrected chi connectivity index (χ2v) is 4.17. The molecule has 2 N–H and O–H groups in total. The van der Waals surface area contributed by atoms with Gasteiger partial charge in [-0.05, 0) is 30.7 Å². The number of nitrogens with two attached hydrogens (primary N) is 1. The van der Waals surface area contributed by atoms with Crippen molar-refractivity contribution in [3.8, 4) is 11.5 Å². The first-order chi connectivity index (χ1) is 8.58. The van der Waals surface area contributed by atoms with Gasteiger partial charge < -0.3 is 10.5 Å². The highest BCUT2D eigenvalue weighted by atomic mass is 32.1. The third kappa shape index (κ3) is 2.62. The van der Waals surface area contributed by atoms with E-state index in [1.54, 1.807) is 37.3 Å². The van der Waals surface area contributed by atoms with Crippen molar-refractivity contribution in [2.45, 2.75) is 6.92 Å². The molecule has 0 atom stereocenters. The Balaban J connectivity index is 2.24. The Morgan fingerprint density at radius 1 is 1.33 bits per heavy atom. The fraction of sp³-hybridized carbons (Fsp3) is 0.0769. The summed E-state index contributed by atoms with van der Waals surface area (Å²) in [7, 11) is 0. The van der Waals surface area contributed by atoms with Crippen molar-refractivity contribution in [1.29, 1.82) is 0 Å². The highest BCUT2D eigenvalue weighted by Crippen LogP contribution is 2.25. The molecule has 1 aromatic heterocycles. The molecular formula is C13H11FN2OS. The molecule has 0 saturated carbocycles. The summed E-state index contributed by atoms with van der Waals surface area (Å²) in [5, 5.41) is 0. The smallest absolute Gasteiger partial charge is 0.168 e. The summed E-state index contributed by atoms with van der Waals surface area (Å²) in [6.07, 6.45) is 1.45. The molecule has 0 amide bonds. The number of thiocarbonyl (C=S) groups is 1. The van der Waals surface area contributed by atoms with Crippen LogP contribution in [0.25, 0.3) is 0 Å². The number of hydrogen-bond donors (Lipinski definition) is 1. The molecular weight excluding hydrogens is 251 g/mol. The summed E-state index contributed by atoms with van der Waals surface area (Å²) in [5.74, 6) is 0.218. The average molecular weight is 262 g/mol. The zero-order valence-electron chi connectivity index (χ0n) is 9.68. The van der Waals surface area contributed by atoms with E-state index in [1.165, 1.54) is 6.20 Å². The van der Waals surface area contributed by atoms with Crippen LogP contribution in [0.5, 0.6) is 11.5 Å². The first-order valence-corrected chi connectivity index (χ1v) is 5.67. The molecule has 0 aliphatic rings. The molecule has 0 aliphatic carbocycles. The van der Waals surface area contributed by atoms with Gasteiger partial charge in [-0.2, -0.15) is 0 Å². The Morgan fingerprint density at radius 2 is 2.11 bits per heavy atom. The van der Waals surface area contributed by atoms with Crippen molar-refractivity contribution in [2.24, 2.45) is 5.73 Å². The van der Waals surface area contributed by atoms with E-state index in [0.717, 1.165) is 0 Å². The predicted molar refractivity (Wildman–Crippen MR) is 71.3 cm³/mol. The number of halogens is 1. The molecule has 0 bridgehead atoms. The Bertz CT molecular complexity index is 584. The van der Waals surface area contributed by atoms with Gasteiger partial charge in [0.05, 0.1) is 11.9 Å². The number of rotatable bonds is 3. The largest absolute Gasteiger partial charge is 0.453 e. The van der Waals surface area contributed by atoms with Crippen LogP contribution in [0, 0.1) is 12.7 Å². The Kier molecular flexibility index (Phi) is 3.53. The topological polar surface area (TPSA) is 48.1 Å². The molecule has 0 fully saturated rings. The van der Waals surface area contributed by atoms with Gasteiger partial charge in [0.15, 0.2) is 11.6 Å². The van der Waals surface area contributed by atoms with Crippen LogP contribution in [0.15, 0.2) is 36.5 Å². The van der Waals surface area contributed by atoms with Gasteiger partial charge >= 0.3 is 0 Å². The lowest BCUT2D eigenvalue weighted by Crippen LogP contribution is -2.10. The van der Waals surface area contributed by atoms with Crippen LogP contribution in [-0.2, 0) is 0 Å². The fourth-order valence-corrected chi connectivity index (χ4v) is 1.53. The number of hydrogen-bond acceptors (Lipinski definition) is 3. The number of aryl methyl sites for hydroxylation is 1. The van der Waals surface area contributed by atoms with E-state index in [-0.39, 0.29) is 16.6 Å². The third-order valence-corrected chi connectivity index (χ3v) is 2.58. The van der Waals surface area contributed by atoms with Crippen molar-refractivity contribution < 1.29 is 9.13 Å². The monoisotopic (exact) mass is 262 g/mol. The number of pyridine rings is 1. The predicted octanol–water partition coefficient (Wildman–Crippen LogP) is 2.96. The maximum atomic E-state index is 13.7. The quantitative estimate of drug-likeness (QED) is 0.864. The van der Waals surface area contributed by atoms with E-state index in [9.17, 15) is 4.39 Å². The Hall–Kier alpha value is -2.01. The van der Waals surface area contributed by atoms with E-state index >= 15 is 0 Å². The van der Waals surface area contributed by atoms with Crippen molar-refractivity contribution in [1.82, 2.24) is 4.98 Å². The molecule has 2 aromatic rings. The van der Waals surface area contributed by atoms with Crippen LogP contribution in [-0.4, -0.2) is 9.97 Å². The number of aromatic nitrogens is 1. The minimum Gasteiger partial charge on any atom is -0.453 e. The van der Waals surface area contributed by atoms with Crippen molar-refractivity contribution >= 4 is 17.2 Å². The molecule has 0 saturated heterocycles. The molecule has 0 unspecified atom stereocenters. The minimum absolute atomic E-state index is 0.167. The van der Waals surface area contributed by atoms with Crippen LogP contribution in [0.2, 0.25) is 0 Å². The highest BCUT2D eigenvalue weighted by molar-refractivity contribution is 7.80. The number of nitrogens with zero attached hydrogens (tertiary/aromatic N) is 1. The molecule has 1 heterocycles. The summed E-state index contributed by atoms with van der Waals surface area (Å²) in [5.41, 5.74) is 6.46. The second kappa shape index (κ2) is 5.10. The van der Waals surface area contributed by atoms with E-state index in [4.69, 9.17) is 22.7 Å². The van der Waals surface area contributed by atoms with Gasteiger partial charge in [-0.1, -0.05) is 24.4 Å². The molecule has 0 spiro atoms. The first-order valence-electron chi connectivity index (χ1n) is 5.27. The lowest BCUT2D eigenvalue weighted by Gasteiger charge is -2.08. The van der Waals surface area contributed by atoms with Gasteiger partial charge in [0.1, 0.15) is 10.7 Å². The summed E-state index contributed by atoms with van der Waals surface area (Å²) >= 11 is 4.79. The standard InChI is InChI=1S/C13H11FN2OS/c1-8-3-2-4-11(12(8)14)17-9-5-6-10(13(15)18)16-7-9/h2-7H,1H3,(H2,15,18). The highest BCUT2D eigenvalue weighted by Gasteiger charge is 2.07. The number of ether oxygens (including phenoxy) is 1. The summed E-state index contributed by atoms with van der Waals surface area (Å²) in [6.45, 7) is 1.68. The molecule has 3 nitrogen and oxygen atoms in total. The maximum Gasteiger partial charge on any atom is 0.168 e. The fourth-order valence-electron chi connectivity index (χ4n) is 1.41. The van der Waals surface area contributed by atoms with Gasteiger partial charge in [-0.15, -0.1) is 0 Å². The van der Waals surface area contributed by atoms with Gasteiger partial charge in [0, 0.05) is 0 Å². The Labute approximate surface area is 109 Å². The van der Waals surface area contributed by atoms with Crippen molar-refractivity contribution in [3.63, 3.8) is 0 Å². The van der Waals surface area contributed by atoms with Crippen LogP contribution in [0.3, 0.4) is 0 Å². The van der Waals surface area contributed by atoms with Crippen LogP contribution >= 0.6 is 12.2 Å². The average Bonchev–Trinajstić information content (AvgIpc) is 2.36. The van der Waals surface area contributed by atoms with E-state index < -0.39 is 0 Å². The Morgan fingerprint density at radius 3 is 2.72 bits per heavy atom. The molecule has 0 radical (unpaired) electrons. The second-order valence-electron chi connectivity index (χ2n) is 3.73. The molecule has 18 heavy (non-hydrogen) atoms. The molecule has 2 rings (SSSR count). The van der Waals surface area contributed by atoms with Crippen LogP contribution in [0.1, 0.15) is 11.3 Å². The molecule has 5 heteroatoms. The van der Waals surface area contributed by atoms with E-state index in [1.807, 2.05) is 0 Å². The SMILES string of the molecule is Cc1cccc(Oc2ccc(C(N)=S)nc2)c1F. The maximum absolute atomic E-state index is 13.7. The normalized spacial score (nSPS) is 10.1. The van der Waals surface area contributed by atoms with Crippen LogP contribution in [0.4, 0.5) is 4.39 Å². The third-order valence-electron chi connectivity index (χ3n) is 2.37. The molecule has 1 aromatic carbocycles. The summed E-state index contributed by atoms with van der Waals surface area (Å²) < 4.78 is 19.1. The zero-order chi connectivity index (χ0) is 13.1. The number of benzene rings is 1. The lowest BCUT2D eigenvalue weighted by atomic mass is 10.2. The van der Waals surface area contributed by atoms with Crippen molar-refractivity contribution in [3.05, 3.63) is 53.6 Å². The molecule has 0 aliphatic heterocycles. The van der Waals surface area contributed by atoms with Gasteiger partial charge in [-0.3, -0.25) is 0 Å². The zero-order valence-corrected chi connectivity index (χ0v) is 10.5. The molecule has 92 valence electrons. The minimum atomic E-state index is -0.379.